The first-order chi connectivity index (χ1) is 9.13. The van der Waals surface area contributed by atoms with E-state index in [1.165, 1.54) is 18.2 Å². The van der Waals surface area contributed by atoms with E-state index in [1.54, 1.807) is 24.3 Å². The summed E-state index contributed by atoms with van der Waals surface area (Å²) >= 11 is 0. The van der Waals surface area contributed by atoms with Crippen LogP contribution in [0.3, 0.4) is 0 Å². The third-order valence-corrected chi connectivity index (χ3v) is 2.44. The van der Waals surface area contributed by atoms with Crippen LogP contribution in [0.1, 0.15) is 11.3 Å². The Morgan fingerprint density at radius 3 is 2.63 bits per heavy atom. The van der Waals surface area contributed by atoms with Gasteiger partial charge >= 0.3 is 0 Å². The highest BCUT2D eigenvalue weighted by atomic mass is 19.1. The van der Waals surface area contributed by atoms with Crippen LogP contribution in [0.25, 0.3) is 6.08 Å². The summed E-state index contributed by atoms with van der Waals surface area (Å²) in [4.78, 5) is 15.8. The summed E-state index contributed by atoms with van der Waals surface area (Å²) in [5.41, 5.74) is 1.59. The molecule has 0 unspecified atom stereocenters. The molecule has 0 aliphatic heterocycles. The average molecular weight is 256 g/mol. The Balaban J connectivity index is 1.99. The van der Waals surface area contributed by atoms with Crippen LogP contribution in [0.4, 0.5) is 10.2 Å². The van der Waals surface area contributed by atoms with Crippen molar-refractivity contribution in [2.45, 2.75) is 6.92 Å². The van der Waals surface area contributed by atoms with E-state index in [0.717, 1.165) is 11.3 Å². The molecule has 1 amide bonds. The van der Waals surface area contributed by atoms with Crippen molar-refractivity contribution in [3.8, 4) is 0 Å². The predicted octanol–water partition coefficient (Wildman–Crippen LogP) is 3.18. The van der Waals surface area contributed by atoms with Gasteiger partial charge in [-0.1, -0.05) is 18.2 Å². The zero-order valence-corrected chi connectivity index (χ0v) is 10.4. The standard InChI is InChI=1S/C15H13FN2O/c1-11-3-2-4-14(17-11)18-15(19)10-7-12-5-8-13(16)9-6-12/h2-10H,1H3,(H,17,18,19)/b10-7+. The third kappa shape index (κ3) is 4.03. The van der Waals surface area contributed by atoms with Crippen molar-refractivity contribution >= 4 is 17.8 Å². The van der Waals surface area contributed by atoms with Gasteiger partial charge in [-0.25, -0.2) is 9.37 Å². The monoisotopic (exact) mass is 256 g/mol. The molecule has 0 saturated heterocycles. The molecule has 0 spiro atoms. The number of amides is 1. The molecular weight excluding hydrogens is 243 g/mol. The van der Waals surface area contributed by atoms with E-state index < -0.39 is 0 Å². The molecule has 0 fully saturated rings. The van der Waals surface area contributed by atoms with Crippen LogP contribution in [0.15, 0.2) is 48.5 Å². The highest BCUT2D eigenvalue weighted by Crippen LogP contribution is 2.06. The Morgan fingerprint density at radius 2 is 1.95 bits per heavy atom. The zero-order chi connectivity index (χ0) is 13.7. The molecule has 1 aromatic heterocycles. The smallest absolute Gasteiger partial charge is 0.249 e. The molecule has 19 heavy (non-hydrogen) atoms. The van der Waals surface area contributed by atoms with Gasteiger partial charge in [0, 0.05) is 11.8 Å². The number of benzene rings is 1. The first-order valence-electron chi connectivity index (χ1n) is 5.82. The number of pyridine rings is 1. The maximum absolute atomic E-state index is 12.7. The molecule has 96 valence electrons. The number of aryl methyl sites for hydroxylation is 1. The van der Waals surface area contributed by atoms with Crippen LogP contribution in [0.5, 0.6) is 0 Å². The fourth-order valence-corrected chi connectivity index (χ4v) is 1.53. The van der Waals surface area contributed by atoms with E-state index in [9.17, 15) is 9.18 Å². The molecule has 1 aromatic carbocycles. The first-order valence-corrected chi connectivity index (χ1v) is 5.82. The van der Waals surface area contributed by atoms with Crippen LogP contribution < -0.4 is 5.32 Å². The second kappa shape index (κ2) is 5.91. The minimum Gasteiger partial charge on any atom is -0.307 e. The summed E-state index contributed by atoms with van der Waals surface area (Å²) < 4.78 is 12.7. The first kappa shape index (κ1) is 13.0. The van der Waals surface area contributed by atoms with Crippen molar-refractivity contribution in [1.29, 1.82) is 0 Å². The van der Waals surface area contributed by atoms with E-state index in [2.05, 4.69) is 10.3 Å². The molecule has 0 aliphatic rings. The molecule has 4 heteroatoms. The molecule has 0 bridgehead atoms. The van der Waals surface area contributed by atoms with E-state index in [1.807, 2.05) is 19.1 Å². The number of nitrogens with one attached hydrogen (secondary N) is 1. The van der Waals surface area contributed by atoms with Crippen molar-refractivity contribution in [2.24, 2.45) is 0 Å². The Bertz CT molecular complexity index is 606. The van der Waals surface area contributed by atoms with Crippen LogP contribution in [-0.4, -0.2) is 10.9 Å². The fraction of sp³-hybridized carbons (Fsp3) is 0.0667. The lowest BCUT2D eigenvalue weighted by atomic mass is 10.2. The van der Waals surface area contributed by atoms with Gasteiger partial charge in [0.25, 0.3) is 0 Å². The van der Waals surface area contributed by atoms with E-state index in [-0.39, 0.29) is 11.7 Å². The van der Waals surface area contributed by atoms with Crippen LogP contribution in [0, 0.1) is 12.7 Å². The predicted molar refractivity (Wildman–Crippen MR) is 73.0 cm³/mol. The molecule has 1 heterocycles. The number of halogens is 1. The van der Waals surface area contributed by atoms with Gasteiger partial charge in [-0.15, -0.1) is 0 Å². The number of rotatable bonds is 3. The number of hydrogen-bond donors (Lipinski definition) is 1. The molecule has 2 rings (SSSR count). The number of hydrogen-bond acceptors (Lipinski definition) is 2. The lowest BCUT2D eigenvalue weighted by molar-refractivity contribution is -0.111. The van der Waals surface area contributed by atoms with Gasteiger partial charge in [0.2, 0.25) is 5.91 Å². The normalized spacial score (nSPS) is 10.6. The van der Waals surface area contributed by atoms with E-state index >= 15 is 0 Å². The van der Waals surface area contributed by atoms with Crippen molar-refractivity contribution in [3.63, 3.8) is 0 Å². The molecule has 0 radical (unpaired) electrons. The van der Waals surface area contributed by atoms with Gasteiger partial charge in [0.05, 0.1) is 0 Å². The molecule has 0 atom stereocenters. The van der Waals surface area contributed by atoms with Gasteiger partial charge in [0.15, 0.2) is 0 Å². The van der Waals surface area contributed by atoms with Gasteiger partial charge in [-0.05, 0) is 42.8 Å². The lowest BCUT2D eigenvalue weighted by Gasteiger charge is -2.01. The minimum absolute atomic E-state index is 0.276. The second-order valence-electron chi connectivity index (χ2n) is 4.04. The number of nitrogens with zero attached hydrogens (tertiary/aromatic N) is 1. The number of anilines is 1. The summed E-state index contributed by atoms with van der Waals surface area (Å²) in [6, 6.07) is 11.3. The molecule has 2 aromatic rings. The average Bonchev–Trinajstić information content (AvgIpc) is 2.38. The van der Waals surface area contributed by atoms with Crippen LogP contribution >= 0.6 is 0 Å². The summed E-state index contributed by atoms with van der Waals surface area (Å²) in [5.74, 6) is -0.0678. The van der Waals surface area contributed by atoms with Crippen molar-refractivity contribution in [2.75, 3.05) is 5.32 Å². The largest absolute Gasteiger partial charge is 0.307 e. The number of carbonyl (C=O) groups excluding carboxylic acids is 1. The Morgan fingerprint density at radius 1 is 1.21 bits per heavy atom. The number of carbonyl (C=O) groups is 1. The molecular formula is C15H13FN2O. The second-order valence-corrected chi connectivity index (χ2v) is 4.04. The topological polar surface area (TPSA) is 42.0 Å². The van der Waals surface area contributed by atoms with Gasteiger partial charge in [-0.2, -0.15) is 0 Å². The Labute approximate surface area is 110 Å². The molecule has 0 saturated carbocycles. The molecule has 0 aliphatic carbocycles. The Hall–Kier alpha value is -2.49. The maximum Gasteiger partial charge on any atom is 0.249 e. The molecule has 1 N–H and O–H groups in total. The molecule has 3 nitrogen and oxygen atoms in total. The number of aromatic nitrogens is 1. The van der Waals surface area contributed by atoms with Crippen LogP contribution in [-0.2, 0) is 4.79 Å². The quantitative estimate of drug-likeness (QED) is 0.857. The van der Waals surface area contributed by atoms with E-state index in [0.29, 0.717) is 5.82 Å². The van der Waals surface area contributed by atoms with E-state index in [4.69, 9.17) is 0 Å². The summed E-state index contributed by atoms with van der Waals surface area (Å²) in [7, 11) is 0. The zero-order valence-electron chi connectivity index (χ0n) is 10.4. The Kier molecular flexibility index (Phi) is 4.03. The SMILES string of the molecule is Cc1cccc(NC(=O)/C=C/c2ccc(F)cc2)n1. The van der Waals surface area contributed by atoms with Crippen molar-refractivity contribution in [1.82, 2.24) is 4.98 Å². The van der Waals surface area contributed by atoms with Gasteiger partial charge < -0.3 is 5.32 Å². The van der Waals surface area contributed by atoms with Crippen molar-refractivity contribution < 1.29 is 9.18 Å². The van der Waals surface area contributed by atoms with Gasteiger partial charge in [-0.3, -0.25) is 4.79 Å². The highest BCUT2D eigenvalue weighted by molar-refractivity contribution is 6.01. The third-order valence-electron chi connectivity index (χ3n) is 2.44. The van der Waals surface area contributed by atoms with Gasteiger partial charge in [0.1, 0.15) is 11.6 Å². The lowest BCUT2D eigenvalue weighted by Crippen LogP contribution is -2.09. The summed E-state index contributed by atoms with van der Waals surface area (Å²) in [6.07, 6.45) is 3.00. The fourth-order valence-electron chi connectivity index (χ4n) is 1.53. The highest BCUT2D eigenvalue weighted by Gasteiger charge is 1.99. The summed E-state index contributed by atoms with van der Waals surface area (Å²) in [5, 5.41) is 2.65. The minimum atomic E-state index is -0.300. The van der Waals surface area contributed by atoms with Crippen molar-refractivity contribution in [3.05, 3.63) is 65.6 Å². The summed E-state index contributed by atoms with van der Waals surface area (Å²) in [6.45, 7) is 1.85. The maximum atomic E-state index is 12.7. The van der Waals surface area contributed by atoms with Crippen LogP contribution in [0.2, 0.25) is 0 Å².